The molecule has 0 saturated heterocycles. The van der Waals surface area contributed by atoms with Crippen LogP contribution in [0, 0.1) is 10.8 Å². The molecule has 28 heavy (non-hydrogen) atoms. The van der Waals surface area contributed by atoms with E-state index >= 15 is 0 Å². The lowest BCUT2D eigenvalue weighted by Crippen LogP contribution is -2.21. The number of phosphoric acid groups is 2. The molecule has 0 unspecified atom stereocenters. The number of carbonyl (C=O) groups is 2. The molecule has 0 aliphatic rings. The predicted molar refractivity (Wildman–Crippen MR) is 101 cm³/mol. The van der Waals surface area contributed by atoms with Gasteiger partial charge in [-0.1, -0.05) is 27.7 Å². The first-order chi connectivity index (χ1) is 12.4. The van der Waals surface area contributed by atoms with E-state index in [1.165, 1.54) is 0 Å². The van der Waals surface area contributed by atoms with Gasteiger partial charge in [-0.05, 0) is 23.7 Å². The van der Waals surface area contributed by atoms with Gasteiger partial charge in [-0.15, -0.1) is 0 Å². The molecular weight excluding hydrogens is 414 g/mol. The normalized spacial score (nSPS) is 13.6. The quantitative estimate of drug-likeness (QED) is 0.275. The van der Waals surface area contributed by atoms with Crippen molar-refractivity contribution in [1.29, 1.82) is 0 Å². The molecule has 0 bridgehead atoms. The summed E-state index contributed by atoms with van der Waals surface area (Å²) in [6, 6.07) is 0. The molecule has 0 rings (SSSR count). The van der Waals surface area contributed by atoms with Gasteiger partial charge in [-0.25, -0.2) is 9.13 Å². The zero-order valence-electron chi connectivity index (χ0n) is 16.8. The largest absolute Gasteiger partial charge is 0.469 e. The third-order valence-corrected chi connectivity index (χ3v) is 5.02. The maximum absolute atomic E-state index is 12.0. The van der Waals surface area contributed by atoms with Gasteiger partial charge in [0.2, 0.25) is 0 Å². The minimum Gasteiger partial charge on any atom is -0.303 e. The van der Waals surface area contributed by atoms with Crippen LogP contribution in [0.3, 0.4) is 0 Å². The molecule has 0 radical (unpaired) electrons. The van der Waals surface area contributed by atoms with E-state index < -0.39 is 26.5 Å². The molecule has 0 spiro atoms. The summed E-state index contributed by atoms with van der Waals surface area (Å²) in [5.74, 6) is -0.247. The van der Waals surface area contributed by atoms with Crippen molar-refractivity contribution in [3.05, 3.63) is 0 Å². The van der Waals surface area contributed by atoms with Crippen LogP contribution in [0.4, 0.5) is 0 Å². The van der Waals surface area contributed by atoms with E-state index in [1.54, 1.807) is 27.7 Å². The third kappa shape index (κ3) is 16.5. The highest BCUT2D eigenvalue weighted by Crippen LogP contribution is 2.40. The van der Waals surface area contributed by atoms with Gasteiger partial charge in [-0.3, -0.25) is 18.6 Å². The molecule has 0 aliphatic heterocycles. The zero-order valence-corrected chi connectivity index (χ0v) is 18.6. The average molecular weight is 446 g/mol. The second-order valence-electron chi connectivity index (χ2n) is 8.43. The summed E-state index contributed by atoms with van der Waals surface area (Å²) in [6.45, 7) is 6.53. The molecular formula is C16H32O10P2. The Labute approximate surface area is 165 Å². The van der Waals surface area contributed by atoms with Gasteiger partial charge >= 0.3 is 15.6 Å². The number of hydrogen-bond donors (Lipinski definition) is 4. The Morgan fingerprint density at radius 2 is 0.964 bits per heavy atom. The fourth-order valence-corrected chi connectivity index (χ4v) is 3.18. The molecule has 0 aromatic heterocycles. The number of hydrogen-bond acceptors (Lipinski definition) is 6. The maximum atomic E-state index is 12.0. The van der Waals surface area contributed by atoms with E-state index in [4.69, 9.17) is 19.6 Å². The van der Waals surface area contributed by atoms with E-state index in [0.717, 1.165) is 0 Å². The lowest BCUT2D eigenvalue weighted by molar-refractivity contribution is -0.124. The molecule has 0 aromatic carbocycles. The van der Waals surface area contributed by atoms with Crippen LogP contribution in [0.1, 0.15) is 66.2 Å². The average Bonchev–Trinajstić information content (AvgIpc) is 2.52. The minimum atomic E-state index is -4.55. The van der Waals surface area contributed by atoms with Crippen molar-refractivity contribution in [3.8, 4) is 0 Å². The van der Waals surface area contributed by atoms with Gasteiger partial charge in [-0.2, -0.15) is 0 Å². The van der Waals surface area contributed by atoms with E-state index in [0.29, 0.717) is 12.8 Å². The van der Waals surface area contributed by atoms with Crippen LogP contribution in [0.5, 0.6) is 0 Å². The fraction of sp³-hybridized carbons (Fsp3) is 0.875. The highest BCUT2D eigenvalue weighted by atomic mass is 31.2. The molecule has 4 N–H and O–H groups in total. The topological polar surface area (TPSA) is 168 Å². The summed E-state index contributed by atoms with van der Waals surface area (Å²) in [7, 11) is -9.11. The second-order valence-corrected chi connectivity index (χ2v) is 10.9. The fourth-order valence-electron chi connectivity index (χ4n) is 2.15. The van der Waals surface area contributed by atoms with Gasteiger partial charge in [0, 0.05) is 25.7 Å². The van der Waals surface area contributed by atoms with Crippen LogP contribution in [0.25, 0.3) is 0 Å². The number of phosphoric ester groups is 2. The Hall–Kier alpha value is -0.440. The Balaban J connectivity index is 4.16. The molecule has 0 heterocycles. The second kappa shape index (κ2) is 11.1. The lowest BCUT2D eigenvalue weighted by atomic mass is 9.86. The summed E-state index contributed by atoms with van der Waals surface area (Å²) in [5, 5.41) is 0. The van der Waals surface area contributed by atoms with Crippen molar-refractivity contribution < 1.29 is 47.3 Å². The summed E-state index contributed by atoms with van der Waals surface area (Å²) in [5.41, 5.74) is -1.19. The van der Waals surface area contributed by atoms with Crippen molar-refractivity contribution in [3.63, 3.8) is 0 Å². The molecule has 0 atom stereocenters. The Kier molecular flexibility index (Phi) is 10.9. The first-order valence-corrected chi connectivity index (χ1v) is 11.9. The Bertz CT molecular complexity index is 563. The van der Waals surface area contributed by atoms with Crippen molar-refractivity contribution in [1.82, 2.24) is 0 Å². The SMILES string of the molecule is CC(C)(CCC(=O)CCC(=O)CCC(C)(C)COP(=O)(O)O)COP(=O)(O)O. The first-order valence-electron chi connectivity index (χ1n) is 8.84. The smallest absolute Gasteiger partial charge is 0.303 e. The summed E-state index contributed by atoms with van der Waals surface area (Å²) >= 11 is 0. The lowest BCUT2D eigenvalue weighted by Gasteiger charge is -2.24. The molecule has 0 saturated carbocycles. The van der Waals surface area contributed by atoms with Crippen molar-refractivity contribution in [2.75, 3.05) is 13.2 Å². The van der Waals surface area contributed by atoms with Gasteiger partial charge in [0.05, 0.1) is 13.2 Å². The Morgan fingerprint density at radius 3 is 1.21 bits per heavy atom. The van der Waals surface area contributed by atoms with Crippen molar-refractivity contribution in [2.45, 2.75) is 66.2 Å². The minimum absolute atomic E-state index is 0.0771. The standard InChI is InChI=1S/C16H32O10P2/c1-15(2,11-25-27(19,20)21)9-7-13(17)5-6-14(18)8-10-16(3,4)12-26-28(22,23)24/h5-12H2,1-4H3,(H2,19,20,21)(H2,22,23,24). The zero-order chi connectivity index (χ0) is 22.2. The van der Waals surface area contributed by atoms with Gasteiger partial charge < -0.3 is 19.6 Å². The van der Waals surface area contributed by atoms with Crippen LogP contribution < -0.4 is 0 Å². The molecule has 0 aliphatic carbocycles. The molecule has 12 heteroatoms. The number of ketones is 2. The highest BCUT2D eigenvalue weighted by molar-refractivity contribution is 7.46. The van der Waals surface area contributed by atoms with Gasteiger partial charge in [0.15, 0.2) is 0 Å². The number of Topliss-reactive ketones (excluding diaryl/α,β-unsaturated/α-hetero) is 2. The van der Waals surface area contributed by atoms with E-state index in [9.17, 15) is 18.7 Å². The van der Waals surface area contributed by atoms with Crippen molar-refractivity contribution in [2.24, 2.45) is 10.8 Å². The first kappa shape index (κ1) is 27.6. The summed E-state index contributed by atoms with van der Waals surface area (Å²) in [6.07, 6.45) is 1.24. The monoisotopic (exact) mass is 446 g/mol. The van der Waals surface area contributed by atoms with Gasteiger partial charge in [0.1, 0.15) is 11.6 Å². The number of rotatable bonds is 15. The molecule has 0 fully saturated rings. The van der Waals surface area contributed by atoms with E-state index in [1.807, 2.05) is 0 Å². The van der Waals surface area contributed by atoms with Crippen LogP contribution in [-0.4, -0.2) is 44.4 Å². The summed E-state index contributed by atoms with van der Waals surface area (Å²) in [4.78, 5) is 58.8. The third-order valence-electron chi connectivity index (χ3n) is 4.09. The molecule has 10 nitrogen and oxygen atoms in total. The van der Waals surface area contributed by atoms with Crippen LogP contribution in [0.15, 0.2) is 0 Å². The number of carbonyl (C=O) groups excluding carboxylic acids is 2. The van der Waals surface area contributed by atoms with E-state index in [2.05, 4.69) is 9.05 Å². The van der Waals surface area contributed by atoms with Crippen LogP contribution in [0.2, 0.25) is 0 Å². The molecule has 166 valence electrons. The Morgan fingerprint density at radius 1 is 0.679 bits per heavy atom. The summed E-state index contributed by atoms with van der Waals surface area (Å²) < 4.78 is 30.4. The molecule has 0 amide bonds. The van der Waals surface area contributed by atoms with E-state index in [-0.39, 0.29) is 50.5 Å². The van der Waals surface area contributed by atoms with Gasteiger partial charge in [0.25, 0.3) is 0 Å². The highest BCUT2D eigenvalue weighted by Gasteiger charge is 2.26. The maximum Gasteiger partial charge on any atom is 0.469 e. The van der Waals surface area contributed by atoms with Crippen LogP contribution in [-0.2, 0) is 27.8 Å². The molecule has 0 aromatic rings. The van der Waals surface area contributed by atoms with Crippen molar-refractivity contribution >= 4 is 27.2 Å². The predicted octanol–water partition coefficient (Wildman–Crippen LogP) is 2.74. The van der Waals surface area contributed by atoms with Crippen LogP contribution >= 0.6 is 15.6 Å².